The average Bonchev–Trinajstić information content (AvgIpc) is 2.77. The summed E-state index contributed by atoms with van der Waals surface area (Å²) in [6, 6.07) is 3.31. The van der Waals surface area contributed by atoms with Crippen molar-refractivity contribution in [2.24, 2.45) is 0 Å². The van der Waals surface area contributed by atoms with E-state index in [1.807, 2.05) is 0 Å². The van der Waals surface area contributed by atoms with E-state index >= 15 is 0 Å². The SMILES string of the molecule is CCCCCCCCCCCCCCCCCCOc1cc(C(=O)OCCC(=O)O[C@]2(O)C[C@H](n3cc(C)c(=O)[nH]c3=O)O[C@@H]2CO)cc(OCCCCCCCCCCCCCCCCCC)c1OCCCCCCCCCCCCCCCCCC. The fraction of sp³-hybridized carbons (Fsp3) is 0.838. The van der Waals surface area contributed by atoms with Gasteiger partial charge >= 0.3 is 17.6 Å². The van der Waals surface area contributed by atoms with Gasteiger partial charge in [0.15, 0.2) is 11.5 Å². The third-order valence-electron chi connectivity index (χ3n) is 17.8. The number of unbranched alkanes of at least 4 members (excludes halogenated alkanes) is 45. The first-order valence-corrected chi connectivity index (χ1v) is 36.8. The lowest BCUT2D eigenvalue weighted by Crippen LogP contribution is -2.44. The molecule has 0 saturated carbocycles. The Kier molecular flexibility index (Phi) is 46.9. The number of benzene rings is 1. The van der Waals surface area contributed by atoms with Gasteiger partial charge in [0.2, 0.25) is 11.5 Å². The number of aliphatic hydroxyl groups is 2. The predicted octanol–water partition coefficient (Wildman–Crippen LogP) is 19.5. The Labute approximate surface area is 534 Å². The van der Waals surface area contributed by atoms with Gasteiger partial charge in [-0.05, 0) is 38.3 Å². The molecule has 1 aromatic carbocycles. The molecule has 3 rings (SSSR count). The molecule has 508 valence electrons. The number of aliphatic hydroxyl groups excluding tert-OH is 1. The van der Waals surface area contributed by atoms with E-state index in [0.717, 1.165) is 62.4 Å². The van der Waals surface area contributed by atoms with Crippen LogP contribution in [0.5, 0.6) is 17.2 Å². The largest absolute Gasteiger partial charge is 0.490 e. The number of aromatic nitrogens is 2. The third kappa shape index (κ3) is 36.8. The minimum absolute atomic E-state index is 0.194. The summed E-state index contributed by atoms with van der Waals surface area (Å²) in [6.07, 6.45) is 59.4. The summed E-state index contributed by atoms with van der Waals surface area (Å²) < 4.78 is 37.6. The molecule has 1 aliphatic rings. The van der Waals surface area contributed by atoms with Crippen molar-refractivity contribution < 1.29 is 48.2 Å². The van der Waals surface area contributed by atoms with Gasteiger partial charge in [0.1, 0.15) is 18.9 Å². The molecule has 1 aliphatic heterocycles. The molecule has 88 heavy (non-hydrogen) atoms. The van der Waals surface area contributed by atoms with Gasteiger partial charge in [-0.2, -0.15) is 0 Å². The second-order valence-electron chi connectivity index (χ2n) is 25.9. The van der Waals surface area contributed by atoms with E-state index in [9.17, 15) is 29.4 Å². The molecule has 1 fully saturated rings. The maximum absolute atomic E-state index is 13.9. The number of H-pyrrole nitrogens is 1. The molecule has 14 nitrogen and oxygen atoms in total. The van der Waals surface area contributed by atoms with Crippen molar-refractivity contribution >= 4 is 11.9 Å². The molecule has 0 unspecified atom stereocenters. The van der Waals surface area contributed by atoms with Gasteiger partial charge in [-0.25, -0.2) is 9.59 Å². The summed E-state index contributed by atoms with van der Waals surface area (Å²) in [5.74, 6) is -2.55. The summed E-state index contributed by atoms with van der Waals surface area (Å²) in [7, 11) is 0. The normalized spacial score (nSPS) is 15.7. The summed E-state index contributed by atoms with van der Waals surface area (Å²) in [4.78, 5) is 54.0. The summed E-state index contributed by atoms with van der Waals surface area (Å²) in [5.41, 5.74) is -0.922. The number of hydrogen-bond donors (Lipinski definition) is 3. The zero-order valence-corrected chi connectivity index (χ0v) is 56.7. The highest BCUT2D eigenvalue weighted by molar-refractivity contribution is 5.91. The second-order valence-corrected chi connectivity index (χ2v) is 25.9. The van der Waals surface area contributed by atoms with Crippen molar-refractivity contribution in [2.45, 2.75) is 367 Å². The van der Waals surface area contributed by atoms with Crippen LogP contribution in [0.4, 0.5) is 0 Å². The van der Waals surface area contributed by atoms with Crippen LogP contribution in [0.25, 0.3) is 0 Å². The standard InChI is InChI=1S/C74H130N2O12/c1-5-8-11-14-17-20-23-26-29-32-35-38-41-44-47-50-54-83-65-58-64(72(80)86-57-53-69(78)88-74(82)60-68(87-67(74)62-77)76-61-63(4)71(79)75-73(76)81)59-66(84-55-51-48-45-42-39-36-33-30-27-24-21-18-15-12-9-6-2)70(65)85-56-52-49-46-43-40-37-34-31-28-25-22-19-16-13-10-7-3/h58-59,61,67-68,77,82H,5-57,60,62H2,1-4H3,(H,75,79,81)/t67-,68-,74-/m1/s1. The van der Waals surface area contributed by atoms with Crippen molar-refractivity contribution in [2.75, 3.05) is 33.0 Å². The maximum atomic E-state index is 13.9. The van der Waals surface area contributed by atoms with Gasteiger partial charge < -0.3 is 38.6 Å². The molecular formula is C74H130N2O12. The Bertz CT molecular complexity index is 2080. The smallest absolute Gasteiger partial charge is 0.338 e. The minimum Gasteiger partial charge on any atom is -0.490 e. The average molecular weight is 1240 g/mol. The number of ether oxygens (including phenoxy) is 6. The molecule has 0 spiro atoms. The molecular weight excluding hydrogens is 1110 g/mol. The van der Waals surface area contributed by atoms with E-state index in [1.165, 1.54) is 264 Å². The lowest BCUT2D eigenvalue weighted by molar-refractivity contribution is -0.232. The first-order valence-electron chi connectivity index (χ1n) is 36.8. The van der Waals surface area contributed by atoms with Crippen LogP contribution in [0.3, 0.4) is 0 Å². The number of carbonyl (C=O) groups excluding carboxylic acids is 2. The first kappa shape index (κ1) is 78.4. The van der Waals surface area contributed by atoms with Crippen molar-refractivity contribution in [3.63, 3.8) is 0 Å². The van der Waals surface area contributed by atoms with Crippen LogP contribution in [-0.4, -0.2) is 76.6 Å². The van der Waals surface area contributed by atoms with Gasteiger partial charge in [-0.3, -0.25) is 19.1 Å². The Hall–Kier alpha value is -3.88. The van der Waals surface area contributed by atoms with E-state index in [2.05, 4.69) is 25.8 Å². The van der Waals surface area contributed by atoms with E-state index < -0.39 is 60.8 Å². The number of nitrogens with zero attached hydrogens (tertiary/aromatic N) is 1. The lowest BCUT2D eigenvalue weighted by Gasteiger charge is -2.26. The van der Waals surface area contributed by atoms with Crippen LogP contribution >= 0.6 is 0 Å². The van der Waals surface area contributed by atoms with E-state index in [-0.39, 0.29) is 17.7 Å². The highest BCUT2D eigenvalue weighted by Gasteiger charge is 2.51. The molecule has 0 aliphatic carbocycles. The van der Waals surface area contributed by atoms with Crippen LogP contribution in [0.1, 0.15) is 364 Å². The molecule has 1 aromatic heterocycles. The molecule has 2 heterocycles. The quantitative estimate of drug-likeness (QED) is 0.0324. The van der Waals surface area contributed by atoms with Crippen LogP contribution < -0.4 is 25.5 Å². The summed E-state index contributed by atoms with van der Waals surface area (Å²) in [5, 5.41) is 21.5. The number of carbonyl (C=O) groups is 2. The second kappa shape index (κ2) is 52.7. The van der Waals surface area contributed by atoms with Crippen LogP contribution in [0, 0.1) is 6.92 Å². The van der Waals surface area contributed by atoms with E-state index in [0.29, 0.717) is 37.1 Å². The molecule has 1 saturated heterocycles. The summed E-state index contributed by atoms with van der Waals surface area (Å²) in [6.45, 7) is 8.65. The number of rotatable bonds is 61. The molecule has 3 N–H and O–H groups in total. The van der Waals surface area contributed by atoms with Gasteiger partial charge in [0, 0.05) is 11.8 Å². The lowest BCUT2D eigenvalue weighted by atomic mass is 10.0. The molecule has 2 aromatic rings. The number of aromatic amines is 1. The Balaban J connectivity index is 1.61. The number of aryl methyl sites for hydroxylation is 1. The van der Waals surface area contributed by atoms with Crippen molar-refractivity contribution in [1.82, 2.24) is 9.55 Å². The van der Waals surface area contributed by atoms with E-state index in [4.69, 9.17) is 28.4 Å². The van der Waals surface area contributed by atoms with Crippen LogP contribution in [0.2, 0.25) is 0 Å². The highest BCUT2D eigenvalue weighted by Crippen LogP contribution is 2.41. The Morgan fingerprint density at radius 1 is 0.511 bits per heavy atom. The van der Waals surface area contributed by atoms with Gasteiger partial charge in [0.25, 0.3) is 5.56 Å². The first-order chi connectivity index (χ1) is 43.1. The Morgan fingerprint density at radius 2 is 0.841 bits per heavy atom. The molecule has 0 amide bonds. The van der Waals surface area contributed by atoms with Crippen molar-refractivity contribution in [3.05, 3.63) is 50.3 Å². The number of hydrogen-bond acceptors (Lipinski definition) is 12. The predicted molar refractivity (Wildman–Crippen MR) is 359 cm³/mol. The highest BCUT2D eigenvalue weighted by atomic mass is 16.7. The van der Waals surface area contributed by atoms with Gasteiger partial charge in [-0.1, -0.05) is 310 Å². The van der Waals surface area contributed by atoms with Gasteiger partial charge in [0.05, 0.1) is 44.8 Å². The van der Waals surface area contributed by atoms with Gasteiger partial charge in [-0.15, -0.1) is 0 Å². The zero-order valence-electron chi connectivity index (χ0n) is 56.7. The number of esters is 2. The fourth-order valence-electron chi connectivity index (χ4n) is 12.1. The van der Waals surface area contributed by atoms with Crippen LogP contribution in [-0.2, 0) is 19.0 Å². The molecule has 3 atom stereocenters. The zero-order chi connectivity index (χ0) is 63.4. The molecule has 14 heteroatoms. The topological polar surface area (TPSA) is 185 Å². The number of nitrogens with one attached hydrogen (secondary N) is 1. The molecule has 0 bridgehead atoms. The minimum atomic E-state index is -2.30. The third-order valence-corrected chi connectivity index (χ3v) is 17.8. The van der Waals surface area contributed by atoms with E-state index in [1.54, 1.807) is 12.1 Å². The Morgan fingerprint density at radius 3 is 1.18 bits per heavy atom. The van der Waals surface area contributed by atoms with Crippen molar-refractivity contribution in [1.29, 1.82) is 0 Å². The summed E-state index contributed by atoms with van der Waals surface area (Å²) >= 11 is 0. The monoisotopic (exact) mass is 1240 g/mol. The van der Waals surface area contributed by atoms with Crippen molar-refractivity contribution in [3.8, 4) is 17.2 Å². The van der Waals surface area contributed by atoms with Crippen LogP contribution in [0.15, 0.2) is 27.9 Å². The maximum Gasteiger partial charge on any atom is 0.338 e. The molecule has 0 radical (unpaired) electrons. The fourth-order valence-corrected chi connectivity index (χ4v) is 12.1.